The van der Waals surface area contributed by atoms with Crippen LogP contribution in [0.15, 0.2) is 60.2 Å². The Morgan fingerprint density at radius 3 is 2.50 bits per heavy atom. The topological polar surface area (TPSA) is 105 Å². The Hall–Kier alpha value is -4.14. The standard InChI is InChI=1S/C28H23Cl2N3O5/c1-15-6-4-8-22(16(15)2)31-25(34)14-38-24-11-10-19(29)12-18(24)13-20-26(35)32-28(37)33(27(20)36)23-9-5-7-21(30)17(23)3/h4-13H,14H2,1-3H3,(H,31,34)(H,32,35,37)/b20-13-. The Morgan fingerprint density at radius 1 is 1.00 bits per heavy atom. The van der Waals surface area contributed by atoms with Crippen LogP contribution < -0.4 is 20.3 Å². The zero-order valence-electron chi connectivity index (χ0n) is 20.7. The van der Waals surface area contributed by atoms with E-state index in [2.05, 4.69) is 10.6 Å². The maximum atomic E-state index is 13.3. The monoisotopic (exact) mass is 551 g/mol. The minimum atomic E-state index is -0.895. The third kappa shape index (κ3) is 5.56. The molecule has 0 unspecified atom stereocenters. The minimum absolute atomic E-state index is 0.209. The summed E-state index contributed by atoms with van der Waals surface area (Å²) in [6.07, 6.45) is 1.26. The second-order valence-electron chi connectivity index (χ2n) is 8.61. The number of hydrogen-bond donors (Lipinski definition) is 2. The van der Waals surface area contributed by atoms with E-state index in [4.69, 9.17) is 27.9 Å². The molecule has 0 spiro atoms. The van der Waals surface area contributed by atoms with Gasteiger partial charge in [-0.05, 0) is 79.9 Å². The molecule has 1 heterocycles. The predicted octanol–water partition coefficient (Wildman–Crippen LogP) is 5.60. The number of halogens is 2. The van der Waals surface area contributed by atoms with Gasteiger partial charge in [-0.3, -0.25) is 19.7 Å². The average Bonchev–Trinajstić information content (AvgIpc) is 2.86. The maximum Gasteiger partial charge on any atom is 0.335 e. The zero-order valence-corrected chi connectivity index (χ0v) is 22.2. The van der Waals surface area contributed by atoms with E-state index in [1.54, 1.807) is 37.3 Å². The number of barbiturate groups is 1. The summed E-state index contributed by atoms with van der Waals surface area (Å²) in [6, 6.07) is 14.0. The van der Waals surface area contributed by atoms with Gasteiger partial charge in [-0.25, -0.2) is 9.69 Å². The first-order valence-electron chi connectivity index (χ1n) is 11.5. The number of urea groups is 1. The second kappa shape index (κ2) is 11.1. The molecule has 0 atom stereocenters. The Morgan fingerprint density at radius 2 is 1.74 bits per heavy atom. The third-order valence-corrected chi connectivity index (χ3v) is 6.74. The fourth-order valence-corrected chi connectivity index (χ4v) is 4.20. The van der Waals surface area contributed by atoms with Gasteiger partial charge in [0.1, 0.15) is 11.3 Å². The van der Waals surface area contributed by atoms with Crippen LogP contribution in [0.2, 0.25) is 10.0 Å². The summed E-state index contributed by atoms with van der Waals surface area (Å²) < 4.78 is 5.72. The molecule has 2 N–H and O–H groups in total. The average molecular weight is 552 g/mol. The highest BCUT2D eigenvalue weighted by Gasteiger charge is 2.37. The van der Waals surface area contributed by atoms with Gasteiger partial charge >= 0.3 is 6.03 Å². The van der Waals surface area contributed by atoms with Crippen LogP contribution >= 0.6 is 23.2 Å². The van der Waals surface area contributed by atoms with Gasteiger partial charge in [-0.15, -0.1) is 0 Å². The number of nitrogens with one attached hydrogen (secondary N) is 2. The fraction of sp³-hybridized carbons (Fsp3) is 0.143. The Bertz CT molecular complexity index is 1520. The lowest BCUT2D eigenvalue weighted by molar-refractivity contribution is -0.122. The van der Waals surface area contributed by atoms with Crippen LogP contribution in [-0.2, 0) is 14.4 Å². The number of carbonyl (C=O) groups excluding carboxylic acids is 4. The molecule has 4 rings (SSSR count). The van der Waals surface area contributed by atoms with Crippen molar-refractivity contribution in [2.75, 3.05) is 16.8 Å². The van der Waals surface area contributed by atoms with E-state index in [9.17, 15) is 19.2 Å². The fourth-order valence-electron chi connectivity index (χ4n) is 3.85. The van der Waals surface area contributed by atoms with Crippen molar-refractivity contribution in [2.45, 2.75) is 20.8 Å². The maximum absolute atomic E-state index is 13.3. The van der Waals surface area contributed by atoms with Crippen molar-refractivity contribution in [3.05, 3.63) is 92.5 Å². The Balaban J connectivity index is 1.61. The van der Waals surface area contributed by atoms with Crippen molar-refractivity contribution >= 4 is 64.4 Å². The molecule has 0 radical (unpaired) electrons. The normalized spacial score (nSPS) is 14.5. The Kier molecular flexibility index (Phi) is 7.85. The predicted molar refractivity (Wildman–Crippen MR) is 147 cm³/mol. The van der Waals surface area contributed by atoms with Crippen molar-refractivity contribution in [1.82, 2.24) is 5.32 Å². The number of aryl methyl sites for hydroxylation is 1. The van der Waals surface area contributed by atoms with Gasteiger partial charge in [-0.1, -0.05) is 41.4 Å². The van der Waals surface area contributed by atoms with Gasteiger partial charge < -0.3 is 10.1 Å². The molecule has 38 heavy (non-hydrogen) atoms. The molecule has 1 fully saturated rings. The minimum Gasteiger partial charge on any atom is -0.483 e. The summed E-state index contributed by atoms with van der Waals surface area (Å²) in [5, 5.41) is 5.65. The lowest BCUT2D eigenvalue weighted by Gasteiger charge is -2.27. The van der Waals surface area contributed by atoms with Gasteiger partial charge in [0.05, 0.1) is 5.69 Å². The molecule has 8 nitrogen and oxygen atoms in total. The number of hydrogen-bond acceptors (Lipinski definition) is 5. The van der Waals surface area contributed by atoms with Gasteiger partial charge in [0.2, 0.25) is 0 Å². The molecular weight excluding hydrogens is 529 g/mol. The van der Waals surface area contributed by atoms with E-state index in [0.717, 1.165) is 16.0 Å². The first-order valence-corrected chi connectivity index (χ1v) is 12.3. The van der Waals surface area contributed by atoms with Gasteiger partial charge in [0.15, 0.2) is 6.61 Å². The molecule has 1 aliphatic heterocycles. The van der Waals surface area contributed by atoms with Crippen molar-refractivity contribution in [2.24, 2.45) is 0 Å². The number of anilines is 2. The number of carbonyl (C=O) groups is 4. The summed E-state index contributed by atoms with van der Waals surface area (Å²) in [7, 11) is 0. The summed E-state index contributed by atoms with van der Waals surface area (Å²) in [5.74, 6) is -1.91. The smallest absolute Gasteiger partial charge is 0.335 e. The van der Waals surface area contributed by atoms with Crippen LogP contribution in [0.3, 0.4) is 0 Å². The summed E-state index contributed by atoms with van der Waals surface area (Å²) in [6.45, 7) is 5.17. The third-order valence-electron chi connectivity index (χ3n) is 6.09. The summed E-state index contributed by atoms with van der Waals surface area (Å²) in [4.78, 5) is 52.0. The summed E-state index contributed by atoms with van der Waals surface area (Å²) >= 11 is 12.3. The molecular formula is C28H23Cl2N3O5. The van der Waals surface area contributed by atoms with E-state index in [1.807, 2.05) is 26.0 Å². The van der Waals surface area contributed by atoms with E-state index < -0.39 is 23.8 Å². The van der Waals surface area contributed by atoms with E-state index >= 15 is 0 Å². The zero-order chi connectivity index (χ0) is 27.6. The first-order chi connectivity index (χ1) is 18.1. The van der Waals surface area contributed by atoms with Gasteiger partial charge in [0, 0.05) is 21.3 Å². The van der Waals surface area contributed by atoms with Crippen LogP contribution in [0.25, 0.3) is 6.08 Å². The molecule has 0 bridgehead atoms. The van der Waals surface area contributed by atoms with Crippen LogP contribution in [-0.4, -0.2) is 30.4 Å². The number of ether oxygens (including phenoxy) is 1. The lowest BCUT2D eigenvalue weighted by Crippen LogP contribution is -2.54. The van der Waals surface area contributed by atoms with Gasteiger partial charge in [0.25, 0.3) is 17.7 Å². The number of amides is 5. The molecule has 1 aliphatic rings. The second-order valence-corrected chi connectivity index (χ2v) is 9.45. The van der Waals surface area contributed by atoms with E-state index in [1.165, 1.54) is 18.2 Å². The number of rotatable bonds is 6. The lowest BCUT2D eigenvalue weighted by atomic mass is 10.0. The molecule has 3 aromatic rings. The SMILES string of the molecule is Cc1cccc(NC(=O)COc2ccc(Cl)cc2/C=C2/C(=O)NC(=O)N(c3cccc(Cl)c3C)C2=O)c1C. The molecule has 1 saturated heterocycles. The highest BCUT2D eigenvalue weighted by Crippen LogP contribution is 2.31. The van der Waals surface area contributed by atoms with Crippen LogP contribution in [0.1, 0.15) is 22.3 Å². The van der Waals surface area contributed by atoms with Crippen LogP contribution in [0.4, 0.5) is 16.2 Å². The first kappa shape index (κ1) is 26.9. The van der Waals surface area contributed by atoms with Crippen LogP contribution in [0, 0.1) is 20.8 Å². The largest absolute Gasteiger partial charge is 0.483 e. The highest BCUT2D eigenvalue weighted by molar-refractivity contribution is 6.40. The molecule has 0 aliphatic carbocycles. The van der Waals surface area contributed by atoms with Crippen LogP contribution in [0.5, 0.6) is 5.75 Å². The number of benzene rings is 3. The number of nitrogens with zero attached hydrogens (tertiary/aromatic N) is 1. The van der Waals surface area contributed by atoms with Crippen molar-refractivity contribution in [3.63, 3.8) is 0 Å². The van der Waals surface area contributed by atoms with Crippen molar-refractivity contribution < 1.29 is 23.9 Å². The summed E-state index contributed by atoms with van der Waals surface area (Å²) in [5.41, 5.74) is 3.32. The Labute approximate surface area is 229 Å². The quantitative estimate of drug-likeness (QED) is 0.306. The number of imide groups is 2. The molecule has 10 heteroatoms. The van der Waals surface area contributed by atoms with Crippen molar-refractivity contribution in [1.29, 1.82) is 0 Å². The van der Waals surface area contributed by atoms with E-state index in [-0.39, 0.29) is 29.2 Å². The molecule has 5 amide bonds. The van der Waals surface area contributed by atoms with Gasteiger partial charge in [-0.2, -0.15) is 0 Å². The molecule has 0 aromatic heterocycles. The van der Waals surface area contributed by atoms with Crippen molar-refractivity contribution in [3.8, 4) is 5.75 Å². The molecule has 0 saturated carbocycles. The van der Waals surface area contributed by atoms with E-state index in [0.29, 0.717) is 21.3 Å². The molecule has 194 valence electrons. The highest BCUT2D eigenvalue weighted by atomic mass is 35.5. The molecule has 3 aromatic carbocycles.